The van der Waals surface area contributed by atoms with Gasteiger partial charge in [-0.1, -0.05) is 5.16 Å². The predicted molar refractivity (Wildman–Crippen MR) is 51.5 cm³/mol. The standard InChI is InChI=1S/C10H15N3O/c1-6-2-8(14-12-6)5-13-4-7-3-9(13)10(7)11/h2,7,9-10H,3-5,11H2,1H3. The Bertz CT molecular complexity index is 349. The first-order valence-electron chi connectivity index (χ1n) is 5.16. The summed E-state index contributed by atoms with van der Waals surface area (Å²) in [6.07, 6.45) is 1.27. The maximum absolute atomic E-state index is 5.99. The van der Waals surface area contributed by atoms with Crippen molar-refractivity contribution in [3.8, 4) is 0 Å². The molecule has 3 atom stereocenters. The fourth-order valence-electron chi connectivity index (χ4n) is 2.64. The second kappa shape index (κ2) is 2.81. The van der Waals surface area contributed by atoms with Crippen LogP contribution < -0.4 is 5.73 Å². The number of nitrogens with zero attached hydrogens (tertiary/aromatic N) is 2. The van der Waals surface area contributed by atoms with E-state index < -0.39 is 0 Å². The minimum Gasteiger partial charge on any atom is -0.360 e. The molecule has 1 aliphatic carbocycles. The van der Waals surface area contributed by atoms with E-state index in [2.05, 4.69) is 10.1 Å². The van der Waals surface area contributed by atoms with Crippen molar-refractivity contribution in [2.45, 2.75) is 32.0 Å². The molecule has 4 rings (SSSR count). The van der Waals surface area contributed by atoms with Crippen LogP contribution in [0.4, 0.5) is 0 Å². The fraction of sp³-hybridized carbons (Fsp3) is 0.700. The number of rotatable bonds is 2. The van der Waals surface area contributed by atoms with E-state index in [4.69, 9.17) is 10.3 Å². The molecule has 3 unspecified atom stereocenters. The third kappa shape index (κ3) is 1.11. The van der Waals surface area contributed by atoms with E-state index in [0.29, 0.717) is 12.1 Å². The lowest BCUT2D eigenvalue weighted by molar-refractivity contribution is 0.192. The Morgan fingerprint density at radius 2 is 2.57 bits per heavy atom. The molecule has 3 fully saturated rings. The SMILES string of the molecule is Cc1cc(CN2CC3CC2C3N)on1. The van der Waals surface area contributed by atoms with Crippen LogP contribution >= 0.6 is 0 Å². The molecule has 1 saturated carbocycles. The Hall–Kier alpha value is -0.870. The average molecular weight is 193 g/mol. The van der Waals surface area contributed by atoms with Crippen molar-refractivity contribution < 1.29 is 4.52 Å². The lowest BCUT2D eigenvalue weighted by atomic mass is 9.81. The van der Waals surface area contributed by atoms with Crippen LogP contribution in [0.5, 0.6) is 0 Å². The van der Waals surface area contributed by atoms with E-state index in [9.17, 15) is 0 Å². The molecular weight excluding hydrogens is 178 g/mol. The zero-order valence-electron chi connectivity index (χ0n) is 8.31. The van der Waals surface area contributed by atoms with Crippen molar-refractivity contribution in [2.24, 2.45) is 11.7 Å². The van der Waals surface area contributed by atoms with E-state index in [1.165, 1.54) is 6.42 Å². The van der Waals surface area contributed by atoms with Crippen molar-refractivity contribution in [1.82, 2.24) is 10.1 Å². The van der Waals surface area contributed by atoms with Gasteiger partial charge in [0.05, 0.1) is 12.2 Å². The van der Waals surface area contributed by atoms with Gasteiger partial charge in [0.2, 0.25) is 0 Å². The minimum atomic E-state index is 0.402. The zero-order chi connectivity index (χ0) is 9.71. The first kappa shape index (κ1) is 8.44. The molecule has 2 aliphatic heterocycles. The van der Waals surface area contributed by atoms with Crippen LogP contribution in [-0.4, -0.2) is 28.7 Å². The zero-order valence-corrected chi connectivity index (χ0v) is 8.31. The van der Waals surface area contributed by atoms with Crippen LogP contribution in [0.1, 0.15) is 17.9 Å². The third-order valence-corrected chi connectivity index (χ3v) is 3.51. The van der Waals surface area contributed by atoms with Crippen molar-refractivity contribution in [1.29, 1.82) is 0 Å². The van der Waals surface area contributed by atoms with Gasteiger partial charge in [-0.05, 0) is 19.3 Å². The molecule has 4 nitrogen and oxygen atoms in total. The molecule has 76 valence electrons. The molecule has 3 heterocycles. The monoisotopic (exact) mass is 193 g/mol. The van der Waals surface area contributed by atoms with Gasteiger partial charge >= 0.3 is 0 Å². The smallest absolute Gasteiger partial charge is 0.150 e. The lowest BCUT2D eigenvalue weighted by Crippen LogP contribution is -2.49. The van der Waals surface area contributed by atoms with Crippen LogP contribution in [0.15, 0.2) is 10.6 Å². The van der Waals surface area contributed by atoms with Gasteiger partial charge in [0, 0.05) is 24.7 Å². The van der Waals surface area contributed by atoms with Crippen molar-refractivity contribution in [3.05, 3.63) is 17.5 Å². The maximum Gasteiger partial charge on any atom is 0.150 e. The number of fused-ring (bicyclic) bond motifs is 1. The van der Waals surface area contributed by atoms with E-state index in [1.54, 1.807) is 0 Å². The molecule has 0 aromatic carbocycles. The van der Waals surface area contributed by atoms with E-state index in [1.807, 2.05) is 13.0 Å². The number of hydrogen-bond acceptors (Lipinski definition) is 4. The summed E-state index contributed by atoms with van der Waals surface area (Å²) >= 11 is 0. The van der Waals surface area contributed by atoms with E-state index >= 15 is 0 Å². The third-order valence-electron chi connectivity index (χ3n) is 3.51. The predicted octanol–water partition coefficient (Wildman–Crippen LogP) is 0.514. The molecule has 1 aromatic heterocycles. The summed E-state index contributed by atoms with van der Waals surface area (Å²) in [5.41, 5.74) is 6.94. The van der Waals surface area contributed by atoms with E-state index in [-0.39, 0.29) is 0 Å². The summed E-state index contributed by atoms with van der Waals surface area (Å²) in [5.74, 6) is 1.69. The molecule has 0 amide bonds. The van der Waals surface area contributed by atoms with Crippen molar-refractivity contribution in [2.75, 3.05) is 6.54 Å². The van der Waals surface area contributed by atoms with E-state index in [0.717, 1.165) is 30.5 Å². The topological polar surface area (TPSA) is 55.3 Å². The van der Waals surface area contributed by atoms with Crippen LogP contribution in [0, 0.1) is 12.8 Å². The average Bonchev–Trinajstić information content (AvgIpc) is 2.79. The Balaban J connectivity index is 1.69. The second-order valence-corrected chi connectivity index (χ2v) is 4.50. The summed E-state index contributed by atoms with van der Waals surface area (Å²) in [6.45, 7) is 3.95. The molecule has 0 spiro atoms. The summed E-state index contributed by atoms with van der Waals surface area (Å²) in [7, 11) is 0. The summed E-state index contributed by atoms with van der Waals surface area (Å²) in [5, 5.41) is 3.88. The molecule has 3 aliphatic rings. The number of nitrogens with two attached hydrogens (primary N) is 1. The molecule has 4 heteroatoms. The summed E-state index contributed by atoms with van der Waals surface area (Å²) < 4.78 is 5.20. The lowest BCUT2D eigenvalue weighted by Gasteiger charge is -2.33. The molecule has 2 N–H and O–H groups in total. The van der Waals surface area contributed by atoms with Crippen molar-refractivity contribution >= 4 is 0 Å². The van der Waals surface area contributed by atoms with Gasteiger partial charge in [-0.25, -0.2) is 0 Å². The quantitative estimate of drug-likeness (QED) is 0.743. The molecular formula is C10H15N3O. The normalized spacial score (nSPS) is 36.0. The highest BCUT2D eigenvalue weighted by Crippen LogP contribution is 2.40. The van der Waals surface area contributed by atoms with Gasteiger partial charge in [0.15, 0.2) is 5.76 Å². The second-order valence-electron chi connectivity index (χ2n) is 4.50. The van der Waals surface area contributed by atoms with Crippen LogP contribution in [0.25, 0.3) is 0 Å². The molecule has 0 radical (unpaired) electrons. The summed E-state index contributed by atoms with van der Waals surface area (Å²) in [4.78, 5) is 2.41. The van der Waals surface area contributed by atoms with Crippen LogP contribution in [0.3, 0.4) is 0 Å². The fourth-order valence-corrected chi connectivity index (χ4v) is 2.64. The highest BCUT2D eigenvalue weighted by Gasteiger charge is 2.49. The van der Waals surface area contributed by atoms with Gasteiger partial charge < -0.3 is 10.3 Å². The maximum atomic E-state index is 5.99. The molecule has 2 saturated heterocycles. The van der Waals surface area contributed by atoms with Gasteiger partial charge in [0.25, 0.3) is 0 Å². The highest BCUT2D eigenvalue weighted by atomic mass is 16.5. The first-order chi connectivity index (χ1) is 6.74. The van der Waals surface area contributed by atoms with Crippen LogP contribution in [0.2, 0.25) is 0 Å². The van der Waals surface area contributed by atoms with Gasteiger partial charge in [-0.15, -0.1) is 0 Å². The van der Waals surface area contributed by atoms with Gasteiger partial charge in [0.1, 0.15) is 0 Å². The first-order valence-corrected chi connectivity index (χ1v) is 5.16. The molecule has 1 aromatic rings. The van der Waals surface area contributed by atoms with Gasteiger partial charge in [-0.3, -0.25) is 4.90 Å². The van der Waals surface area contributed by atoms with Crippen molar-refractivity contribution in [3.63, 3.8) is 0 Å². The summed E-state index contributed by atoms with van der Waals surface area (Å²) in [6, 6.07) is 2.99. The number of aryl methyl sites for hydroxylation is 1. The molecule has 14 heavy (non-hydrogen) atoms. The molecule has 2 bridgehead atoms. The largest absolute Gasteiger partial charge is 0.360 e. The Kier molecular flexibility index (Phi) is 1.69. The Labute approximate surface area is 83.0 Å². The highest BCUT2D eigenvalue weighted by molar-refractivity contribution is 5.10. The minimum absolute atomic E-state index is 0.402. The van der Waals surface area contributed by atoms with Gasteiger partial charge in [-0.2, -0.15) is 0 Å². The van der Waals surface area contributed by atoms with Crippen LogP contribution in [-0.2, 0) is 6.54 Å². The number of hydrogen-bond donors (Lipinski definition) is 1. The number of aromatic nitrogens is 1. The Morgan fingerprint density at radius 1 is 1.71 bits per heavy atom. The Morgan fingerprint density at radius 3 is 3.07 bits per heavy atom.